The molecule has 3 amide bonds. The maximum atomic E-state index is 12.4. The first-order valence-corrected chi connectivity index (χ1v) is 7.54. The molecule has 0 spiro atoms. The van der Waals surface area contributed by atoms with Crippen LogP contribution < -0.4 is 16.0 Å². The smallest absolute Gasteiger partial charge is 0.323 e. The van der Waals surface area contributed by atoms with Gasteiger partial charge in [-0.05, 0) is 30.3 Å². The van der Waals surface area contributed by atoms with E-state index in [0.29, 0.717) is 10.6 Å². The summed E-state index contributed by atoms with van der Waals surface area (Å²) in [5, 5.41) is 13.0. The van der Waals surface area contributed by atoms with Crippen molar-refractivity contribution in [3.05, 3.63) is 57.6 Å². The highest BCUT2D eigenvalue weighted by Gasteiger charge is 2.27. The molecule has 0 radical (unpaired) electrons. The van der Waals surface area contributed by atoms with Crippen LogP contribution in [0.2, 0.25) is 5.02 Å². The van der Waals surface area contributed by atoms with Crippen molar-refractivity contribution in [2.45, 2.75) is 6.92 Å². The zero-order valence-electron chi connectivity index (χ0n) is 13.4. The van der Waals surface area contributed by atoms with Gasteiger partial charge >= 0.3 is 11.8 Å². The van der Waals surface area contributed by atoms with Gasteiger partial charge in [0, 0.05) is 24.7 Å². The summed E-state index contributed by atoms with van der Waals surface area (Å²) in [4.78, 5) is 47.2. The number of non-ortho nitro benzene ring substituents is 1. The van der Waals surface area contributed by atoms with Gasteiger partial charge in [0.25, 0.3) is 5.69 Å². The van der Waals surface area contributed by atoms with Crippen LogP contribution in [0.25, 0.3) is 0 Å². The number of nitro benzene ring substituents is 1. The largest absolute Gasteiger partial charge is 0.399 e. The fourth-order valence-corrected chi connectivity index (χ4v) is 2.23. The molecule has 0 saturated carbocycles. The minimum Gasteiger partial charge on any atom is -0.399 e. The van der Waals surface area contributed by atoms with Gasteiger partial charge < -0.3 is 11.1 Å². The van der Waals surface area contributed by atoms with Gasteiger partial charge in [-0.15, -0.1) is 0 Å². The van der Waals surface area contributed by atoms with E-state index in [2.05, 4.69) is 5.32 Å². The average molecular weight is 377 g/mol. The third-order valence-corrected chi connectivity index (χ3v) is 3.60. The second kappa shape index (κ2) is 7.62. The van der Waals surface area contributed by atoms with Crippen molar-refractivity contribution in [2.75, 3.05) is 16.0 Å². The van der Waals surface area contributed by atoms with Gasteiger partial charge in [-0.1, -0.05) is 11.6 Å². The van der Waals surface area contributed by atoms with Crippen LogP contribution in [0.4, 0.5) is 22.7 Å². The summed E-state index contributed by atoms with van der Waals surface area (Å²) in [6.07, 6.45) is 0. The van der Waals surface area contributed by atoms with Gasteiger partial charge in [-0.25, -0.2) is 4.90 Å². The van der Waals surface area contributed by atoms with Crippen LogP contribution >= 0.6 is 11.6 Å². The number of imide groups is 1. The van der Waals surface area contributed by atoms with E-state index < -0.39 is 22.6 Å². The minimum atomic E-state index is -1.18. The Balaban J connectivity index is 2.29. The van der Waals surface area contributed by atoms with E-state index in [1.165, 1.54) is 30.3 Å². The SMILES string of the molecule is CC(=O)N(C(=O)C(=O)Nc1cc([N+](=O)[O-])ccc1Cl)c1ccc(N)cc1. The number of hydrogen-bond acceptors (Lipinski definition) is 6. The Morgan fingerprint density at radius 1 is 1.15 bits per heavy atom. The normalized spacial score (nSPS) is 10.1. The number of halogens is 1. The second-order valence-electron chi connectivity index (χ2n) is 5.13. The van der Waals surface area contributed by atoms with E-state index in [-0.39, 0.29) is 22.1 Å². The van der Waals surface area contributed by atoms with E-state index >= 15 is 0 Å². The van der Waals surface area contributed by atoms with Gasteiger partial charge in [0.2, 0.25) is 5.91 Å². The number of nitro groups is 1. The third-order valence-electron chi connectivity index (χ3n) is 3.27. The first-order chi connectivity index (χ1) is 12.2. The summed E-state index contributed by atoms with van der Waals surface area (Å²) in [5.41, 5.74) is 5.68. The standard InChI is InChI=1S/C16H13ClN4O5/c1-9(22)20(11-4-2-10(18)3-5-11)16(24)15(23)19-14-8-12(21(25)26)6-7-13(14)17/h2-8H,18H2,1H3,(H,19,23). The number of rotatable bonds is 3. The zero-order chi connectivity index (χ0) is 19.4. The van der Waals surface area contributed by atoms with Crippen molar-refractivity contribution in [3.8, 4) is 0 Å². The van der Waals surface area contributed by atoms with Crippen molar-refractivity contribution in [1.29, 1.82) is 0 Å². The number of nitrogens with one attached hydrogen (secondary N) is 1. The first-order valence-electron chi connectivity index (χ1n) is 7.16. The van der Waals surface area contributed by atoms with E-state index in [0.717, 1.165) is 19.1 Å². The number of nitrogen functional groups attached to an aromatic ring is 1. The van der Waals surface area contributed by atoms with E-state index in [1.54, 1.807) is 0 Å². The molecule has 0 saturated heterocycles. The number of carbonyl (C=O) groups excluding carboxylic acids is 3. The molecule has 134 valence electrons. The van der Waals surface area contributed by atoms with Crippen LogP contribution in [0.1, 0.15) is 6.92 Å². The summed E-state index contributed by atoms with van der Waals surface area (Å²) >= 11 is 5.88. The molecule has 0 aliphatic heterocycles. The minimum absolute atomic E-state index is 0.00129. The molecule has 9 nitrogen and oxygen atoms in total. The molecular weight excluding hydrogens is 364 g/mol. The van der Waals surface area contributed by atoms with Crippen LogP contribution in [0.5, 0.6) is 0 Å². The third kappa shape index (κ3) is 4.14. The Morgan fingerprint density at radius 3 is 2.31 bits per heavy atom. The topological polar surface area (TPSA) is 136 Å². The van der Waals surface area contributed by atoms with Crippen LogP contribution in [-0.4, -0.2) is 22.6 Å². The van der Waals surface area contributed by atoms with Crippen molar-refractivity contribution in [2.24, 2.45) is 0 Å². The highest BCUT2D eigenvalue weighted by molar-refractivity contribution is 6.49. The van der Waals surface area contributed by atoms with Gasteiger partial charge in [0.1, 0.15) is 0 Å². The molecule has 2 aromatic rings. The number of benzene rings is 2. The summed E-state index contributed by atoms with van der Waals surface area (Å²) in [6.45, 7) is 1.11. The molecule has 26 heavy (non-hydrogen) atoms. The molecule has 2 aromatic carbocycles. The van der Waals surface area contributed by atoms with E-state index in [9.17, 15) is 24.5 Å². The number of hydrogen-bond donors (Lipinski definition) is 2. The molecule has 0 fully saturated rings. The summed E-state index contributed by atoms with van der Waals surface area (Å²) in [7, 11) is 0. The Kier molecular flexibility index (Phi) is 5.53. The predicted molar refractivity (Wildman–Crippen MR) is 95.8 cm³/mol. The molecule has 3 N–H and O–H groups in total. The average Bonchev–Trinajstić information content (AvgIpc) is 2.58. The zero-order valence-corrected chi connectivity index (χ0v) is 14.2. The molecule has 10 heteroatoms. The van der Waals surface area contributed by atoms with E-state index in [1.807, 2.05) is 0 Å². The van der Waals surface area contributed by atoms with Crippen LogP contribution in [0.3, 0.4) is 0 Å². The van der Waals surface area contributed by atoms with Crippen LogP contribution in [-0.2, 0) is 14.4 Å². The number of anilines is 3. The quantitative estimate of drug-likeness (QED) is 0.365. The highest BCUT2D eigenvalue weighted by Crippen LogP contribution is 2.27. The maximum Gasteiger partial charge on any atom is 0.323 e. The van der Waals surface area contributed by atoms with Crippen molar-refractivity contribution < 1.29 is 19.3 Å². The Labute approximate surface area is 152 Å². The first kappa shape index (κ1) is 18.9. The molecule has 0 aromatic heterocycles. The fraction of sp³-hybridized carbons (Fsp3) is 0.0625. The predicted octanol–water partition coefficient (Wildman–Crippen LogP) is 2.35. The molecule has 0 aliphatic carbocycles. The number of nitrogens with zero attached hydrogens (tertiary/aromatic N) is 2. The number of carbonyl (C=O) groups is 3. The van der Waals surface area contributed by atoms with Gasteiger partial charge in [-0.2, -0.15) is 0 Å². The molecule has 0 atom stereocenters. The molecule has 0 heterocycles. The lowest BCUT2D eigenvalue weighted by molar-refractivity contribution is -0.384. The molecule has 0 bridgehead atoms. The van der Waals surface area contributed by atoms with Crippen molar-refractivity contribution in [3.63, 3.8) is 0 Å². The molecule has 0 aliphatic rings. The maximum absolute atomic E-state index is 12.4. The Bertz CT molecular complexity index is 898. The lowest BCUT2D eigenvalue weighted by Crippen LogP contribution is -2.42. The van der Waals surface area contributed by atoms with Crippen molar-refractivity contribution >= 4 is 52.1 Å². The lowest BCUT2D eigenvalue weighted by atomic mass is 10.2. The summed E-state index contributed by atoms with van der Waals surface area (Å²) in [5.74, 6) is -3.05. The van der Waals surface area contributed by atoms with E-state index in [4.69, 9.17) is 17.3 Å². The van der Waals surface area contributed by atoms with Crippen LogP contribution in [0.15, 0.2) is 42.5 Å². The highest BCUT2D eigenvalue weighted by atomic mass is 35.5. The Hall–Kier alpha value is -3.46. The molecule has 2 rings (SSSR count). The van der Waals surface area contributed by atoms with Gasteiger partial charge in [0.15, 0.2) is 0 Å². The second-order valence-corrected chi connectivity index (χ2v) is 5.53. The number of nitrogens with two attached hydrogens (primary N) is 1. The fourth-order valence-electron chi connectivity index (χ4n) is 2.07. The summed E-state index contributed by atoms with van der Waals surface area (Å²) < 4.78 is 0. The molecule has 0 unspecified atom stereocenters. The molecular formula is C16H13ClN4O5. The number of amides is 3. The summed E-state index contributed by atoms with van der Waals surface area (Å²) in [6, 6.07) is 9.11. The lowest BCUT2D eigenvalue weighted by Gasteiger charge is -2.19. The van der Waals surface area contributed by atoms with Crippen molar-refractivity contribution in [1.82, 2.24) is 0 Å². The van der Waals surface area contributed by atoms with Gasteiger partial charge in [0.05, 0.1) is 21.3 Å². The Morgan fingerprint density at radius 2 is 1.77 bits per heavy atom. The van der Waals surface area contributed by atoms with Gasteiger partial charge in [-0.3, -0.25) is 24.5 Å². The monoisotopic (exact) mass is 376 g/mol. The van der Waals surface area contributed by atoms with Crippen LogP contribution in [0, 0.1) is 10.1 Å².